The van der Waals surface area contributed by atoms with Gasteiger partial charge in [0.2, 0.25) is 15.9 Å². The largest absolute Gasteiger partial charge is 0.389 e. The molecule has 1 unspecified atom stereocenters. The molecule has 6 nitrogen and oxygen atoms in total. The van der Waals surface area contributed by atoms with Gasteiger partial charge in [-0.05, 0) is 31.0 Å². The molecule has 1 heterocycles. The van der Waals surface area contributed by atoms with Gasteiger partial charge in [0.15, 0.2) is 0 Å². The lowest BCUT2D eigenvalue weighted by molar-refractivity contribution is -0.129. The van der Waals surface area contributed by atoms with Crippen LogP contribution in [0.1, 0.15) is 25.0 Å². The highest BCUT2D eigenvalue weighted by Crippen LogP contribution is 2.21. The van der Waals surface area contributed by atoms with Gasteiger partial charge in [0.25, 0.3) is 0 Å². The van der Waals surface area contributed by atoms with Crippen LogP contribution in [0.2, 0.25) is 0 Å². The SMILES string of the molecule is CC(O)c1cccc(S(=O)(=O)N2CCCN(C)C(=O)C2)c1. The van der Waals surface area contributed by atoms with E-state index in [1.54, 1.807) is 31.0 Å². The van der Waals surface area contributed by atoms with E-state index in [9.17, 15) is 18.3 Å². The highest BCUT2D eigenvalue weighted by Gasteiger charge is 2.29. The van der Waals surface area contributed by atoms with Gasteiger partial charge in [-0.2, -0.15) is 4.31 Å². The van der Waals surface area contributed by atoms with Gasteiger partial charge in [-0.3, -0.25) is 4.79 Å². The summed E-state index contributed by atoms with van der Waals surface area (Å²) >= 11 is 0. The fourth-order valence-corrected chi connectivity index (χ4v) is 3.73. The van der Waals surface area contributed by atoms with Gasteiger partial charge >= 0.3 is 0 Å². The Bertz CT molecular complexity index is 628. The van der Waals surface area contributed by atoms with E-state index in [1.165, 1.54) is 16.4 Å². The Labute approximate surface area is 125 Å². The van der Waals surface area contributed by atoms with Crippen LogP contribution in [-0.2, 0) is 14.8 Å². The van der Waals surface area contributed by atoms with Crippen molar-refractivity contribution in [1.82, 2.24) is 9.21 Å². The van der Waals surface area contributed by atoms with E-state index in [4.69, 9.17) is 0 Å². The van der Waals surface area contributed by atoms with Crippen LogP contribution in [0.15, 0.2) is 29.2 Å². The van der Waals surface area contributed by atoms with Gasteiger partial charge in [-0.25, -0.2) is 8.42 Å². The van der Waals surface area contributed by atoms with E-state index in [0.717, 1.165) is 0 Å². The summed E-state index contributed by atoms with van der Waals surface area (Å²) in [6.45, 7) is 2.31. The Morgan fingerprint density at radius 2 is 2.00 bits per heavy atom. The zero-order valence-electron chi connectivity index (χ0n) is 12.2. The molecule has 0 saturated carbocycles. The first kappa shape index (κ1) is 15.9. The Morgan fingerprint density at radius 3 is 2.67 bits per heavy atom. The molecular weight excluding hydrogens is 292 g/mol. The number of rotatable bonds is 3. The summed E-state index contributed by atoms with van der Waals surface area (Å²) in [7, 11) is -2.05. The van der Waals surface area contributed by atoms with Gasteiger partial charge < -0.3 is 10.0 Å². The molecule has 2 rings (SSSR count). The molecule has 1 amide bonds. The van der Waals surface area contributed by atoms with E-state index in [-0.39, 0.29) is 17.3 Å². The number of nitrogens with zero attached hydrogens (tertiary/aromatic N) is 2. The summed E-state index contributed by atoms with van der Waals surface area (Å²) in [5.74, 6) is -0.206. The Kier molecular flexibility index (Phi) is 4.65. The minimum Gasteiger partial charge on any atom is -0.389 e. The number of aliphatic hydroxyl groups excluding tert-OH is 1. The third-order valence-corrected chi connectivity index (χ3v) is 5.46. The molecule has 1 aliphatic rings. The third kappa shape index (κ3) is 3.42. The third-order valence-electron chi connectivity index (χ3n) is 3.62. The van der Waals surface area contributed by atoms with E-state index in [1.807, 2.05) is 0 Å². The number of carbonyl (C=O) groups excluding carboxylic acids is 1. The van der Waals surface area contributed by atoms with Crippen molar-refractivity contribution in [2.75, 3.05) is 26.7 Å². The maximum absolute atomic E-state index is 12.6. The van der Waals surface area contributed by atoms with Crippen LogP contribution >= 0.6 is 0 Å². The van der Waals surface area contributed by atoms with Crippen molar-refractivity contribution >= 4 is 15.9 Å². The Balaban J connectivity index is 2.33. The molecule has 1 saturated heterocycles. The van der Waals surface area contributed by atoms with Gasteiger partial charge in [0.1, 0.15) is 0 Å². The quantitative estimate of drug-likeness (QED) is 0.886. The average molecular weight is 312 g/mol. The Hall–Kier alpha value is -1.44. The molecule has 116 valence electrons. The molecule has 1 N–H and O–H groups in total. The van der Waals surface area contributed by atoms with Gasteiger partial charge in [0.05, 0.1) is 17.5 Å². The van der Waals surface area contributed by atoms with Crippen molar-refractivity contribution in [3.05, 3.63) is 29.8 Å². The maximum Gasteiger partial charge on any atom is 0.243 e. The monoisotopic (exact) mass is 312 g/mol. The standard InChI is InChI=1S/C14H20N2O4S/c1-11(17)12-5-3-6-13(9-12)21(19,20)16-8-4-7-15(2)14(18)10-16/h3,5-6,9,11,17H,4,7-8,10H2,1-2H3. The number of likely N-dealkylation sites (N-methyl/N-ethyl adjacent to an activating group) is 1. The second-order valence-corrected chi connectivity index (χ2v) is 7.19. The molecule has 21 heavy (non-hydrogen) atoms. The van der Waals surface area contributed by atoms with Crippen molar-refractivity contribution in [3.8, 4) is 0 Å². The zero-order valence-corrected chi connectivity index (χ0v) is 13.0. The molecular formula is C14H20N2O4S. The molecule has 0 aromatic heterocycles. The summed E-state index contributed by atoms with van der Waals surface area (Å²) in [5, 5.41) is 9.58. The summed E-state index contributed by atoms with van der Waals surface area (Å²) in [4.78, 5) is 13.5. The minimum atomic E-state index is -3.72. The molecule has 0 aliphatic carbocycles. The molecule has 0 spiro atoms. The van der Waals surface area contributed by atoms with Crippen molar-refractivity contribution in [1.29, 1.82) is 0 Å². The Morgan fingerprint density at radius 1 is 1.29 bits per heavy atom. The van der Waals surface area contributed by atoms with E-state index >= 15 is 0 Å². The highest BCUT2D eigenvalue weighted by molar-refractivity contribution is 7.89. The lowest BCUT2D eigenvalue weighted by Crippen LogP contribution is -2.38. The van der Waals surface area contributed by atoms with Gasteiger partial charge in [0, 0.05) is 20.1 Å². The van der Waals surface area contributed by atoms with Crippen molar-refractivity contribution in [3.63, 3.8) is 0 Å². The van der Waals surface area contributed by atoms with Crippen molar-refractivity contribution in [2.45, 2.75) is 24.3 Å². The first-order valence-electron chi connectivity index (χ1n) is 6.84. The molecule has 1 aliphatic heterocycles. The second kappa shape index (κ2) is 6.13. The lowest BCUT2D eigenvalue weighted by Gasteiger charge is -2.20. The number of carbonyl (C=O) groups is 1. The number of hydrogen-bond donors (Lipinski definition) is 1. The first-order valence-corrected chi connectivity index (χ1v) is 8.28. The normalized spacial score (nSPS) is 19.4. The molecule has 1 fully saturated rings. The maximum atomic E-state index is 12.6. The second-order valence-electron chi connectivity index (χ2n) is 5.26. The van der Waals surface area contributed by atoms with E-state index in [2.05, 4.69) is 0 Å². The molecule has 1 aromatic carbocycles. The van der Waals surface area contributed by atoms with Crippen LogP contribution < -0.4 is 0 Å². The number of aliphatic hydroxyl groups is 1. The highest BCUT2D eigenvalue weighted by atomic mass is 32.2. The average Bonchev–Trinajstić information content (AvgIpc) is 2.61. The summed E-state index contributed by atoms with van der Waals surface area (Å²) < 4.78 is 26.5. The predicted octanol–water partition coefficient (Wildman–Crippen LogP) is 0.593. The van der Waals surface area contributed by atoms with Crippen LogP contribution in [0.25, 0.3) is 0 Å². The molecule has 7 heteroatoms. The van der Waals surface area contributed by atoms with Crippen molar-refractivity contribution in [2.24, 2.45) is 0 Å². The minimum absolute atomic E-state index is 0.109. The number of hydrogen-bond acceptors (Lipinski definition) is 4. The number of amides is 1. The summed E-state index contributed by atoms with van der Waals surface area (Å²) in [6, 6.07) is 6.21. The van der Waals surface area contributed by atoms with Crippen LogP contribution in [-0.4, -0.2) is 55.3 Å². The van der Waals surface area contributed by atoms with Crippen molar-refractivity contribution < 1.29 is 18.3 Å². The van der Waals surface area contributed by atoms with Crippen LogP contribution in [0, 0.1) is 0 Å². The number of benzene rings is 1. The molecule has 1 aromatic rings. The topological polar surface area (TPSA) is 77.9 Å². The lowest BCUT2D eigenvalue weighted by atomic mass is 10.1. The molecule has 0 radical (unpaired) electrons. The summed E-state index contributed by atoms with van der Waals surface area (Å²) in [6.07, 6.45) is -0.130. The van der Waals surface area contributed by atoms with Gasteiger partial charge in [-0.15, -0.1) is 0 Å². The van der Waals surface area contributed by atoms with E-state index in [0.29, 0.717) is 25.1 Å². The predicted molar refractivity (Wildman–Crippen MR) is 78.1 cm³/mol. The number of sulfonamides is 1. The molecule has 1 atom stereocenters. The van der Waals surface area contributed by atoms with E-state index < -0.39 is 16.1 Å². The van der Waals surface area contributed by atoms with Crippen LogP contribution in [0.4, 0.5) is 0 Å². The fourth-order valence-electron chi connectivity index (χ4n) is 2.25. The summed E-state index contributed by atoms with van der Waals surface area (Å²) in [5.41, 5.74) is 0.536. The zero-order chi connectivity index (χ0) is 15.6. The smallest absolute Gasteiger partial charge is 0.243 e. The fraction of sp³-hybridized carbons (Fsp3) is 0.500. The molecule has 0 bridgehead atoms. The van der Waals surface area contributed by atoms with Gasteiger partial charge in [-0.1, -0.05) is 12.1 Å². The first-order chi connectivity index (χ1) is 9.82. The van der Waals surface area contributed by atoms with Crippen LogP contribution in [0.5, 0.6) is 0 Å². The van der Waals surface area contributed by atoms with Crippen LogP contribution in [0.3, 0.4) is 0 Å².